The number of aromatic nitrogens is 1. The van der Waals surface area contributed by atoms with Crippen LogP contribution in [0.5, 0.6) is 0 Å². The largest absolute Gasteiger partial charge is 0.380 e. The minimum Gasteiger partial charge on any atom is -0.380 e. The lowest BCUT2D eigenvalue weighted by Crippen LogP contribution is -2.16. The van der Waals surface area contributed by atoms with Gasteiger partial charge in [-0.25, -0.2) is 0 Å². The normalized spacial score (nSPS) is 11.1. The van der Waals surface area contributed by atoms with Crippen LogP contribution in [0, 0.1) is 13.8 Å². The predicted octanol–water partition coefficient (Wildman–Crippen LogP) is 4.91. The van der Waals surface area contributed by atoms with Gasteiger partial charge in [-0.3, -0.25) is 4.79 Å². The lowest BCUT2D eigenvalue weighted by molar-refractivity contribution is 1.09. The fraction of sp³-hybridized carbons (Fsp3) is 0.136. The van der Waals surface area contributed by atoms with E-state index in [9.17, 15) is 4.79 Å². The quantitative estimate of drug-likeness (QED) is 0.561. The van der Waals surface area contributed by atoms with Crippen molar-refractivity contribution in [3.63, 3.8) is 0 Å². The van der Waals surface area contributed by atoms with Crippen molar-refractivity contribution >= 4 is 27.4 Å². The molecule has 4 rings (SSSR count). The van der Waals surface area contributed by atoms with E-state index in [1.54, 1.807) is 0 Å². The zero-order chi connectivity index (χ0) is 17.4. The van der Waals surface area contributed by atoms with Crippen LogP contribution in [0.3, 0.4) is 0 Å². The third-order valence-electron chi connectivity index (χ3n) is 4.89. The monoisotopic (exact) mass is 328 g/mol. The molecule has 0 aliphatic rings. The lowest BCUT2D eigenvalue weighted by Gasteiger charge is -2.11. The van der Waals surface area contributed by atoms with Gasteiger partial charge in [-0.1, -0.05) is 48.5 Å². The molecule has 25 heavy (non-hydrogen) atoms. The van der Waals surface area contributed by atoms with Gasteiger partial charge in [-0.2, -0.15) is 0 Å². The molecule has 0 aliphatic carbocycles. The van der Waals surface area contributed by atoms with Crippen LogP contribution in [-0.2, 0) is 6.54 Å². The van der Waals surface area contributed by atoms with Gasteiger partial charge in [0, 0.05) is 23.2 Å². The molecule has 3 aromatic carbocycles. The van der Waals surface area contributed by atoms with Crippen molar-refractivity contribution in [1.29, 1.82) is 0 Å². The topological polar surface area (TPSA) is 44.9 Å². The minimum absolute atomic E-state index is 0.0334. The van der Waals surface area contributed by atoms with Crippen LogP contribution in [0.2, 0.25) is 0 Å². The Morgan fingerprint density at radius 2 is 1.72 bits per heavy atom. The molecule has 0 aliphatic heterocycles. The molecule has 1 heterocycles. The van der Waals surface area contributed by atoms with Gasteiger partial charge in [0.15, 0.2) is 0 Å². The number of hydrogen-bond acceptors (Lipinski definition) is 2. The van der Waals surface area contributed by atoms with E-state index in [0.717, 1.165) is 33.1 Å². The van der Waals surface area contributed by atoms with Gasteiger partial charge in [0.05, 0.1) is 5.52 Å². The number of nitrogens with one attached hydrogen (secondary N) is 2. The summed E-state index contributed by atoms with van der Waals surface area (Å²) >= 11 is 0. The summed E-state index contributed by atoms with van der Waals surface area (Å²) in [5.41, 5.74) is 4.99. The first-order valence-corrected chi connectivity index (χ1v) is 8.47. The van der Waals surface area contributed by atoms with Crippen molar-refractivity contribution in [1.82, 2.24) is 4.98 Å². The SMILES string of the molecule is Cc1ccc2cc(CNc3cccc4ccccc34)c(=O)[nH]c2c1C. The first-order valence-electron chi connectivity index (χ1n) is 8.47. The Labute approximate surface area is 146 Å². The van der Waals surface area contributed by atoms with Crippen LogP contribution in [0.15, 0.2) is 65.5 Å². The smallest absolute Gasteiger partial charge is 0.253 e. The third kappa shape index (κ3) is 2.78. The van der Waals surface area contributed by atoms with Gasteiger partial charge in [0.25, 0.3) is 5.56 Å². The van der Waals surface area contributed by atoms with E-state index in [-0.39, 0.29) is 5.56 Å². The maximum atomic E-state index is 12.5. The molecular formula is C22H20N2O. The molecule has 0 bridgehead atoms. The summed E-state index contributed by atoms with van der Waals surface area (Å²) in [4.78, 5) is 15.5. The number of H-pyrrole nitrogens is 1. The van der Waals surface area contributed by atoms with Crippen molar-refractivity contribution in [3.8, 4) is 0 Å². The van der Waals surface area contributed by atoms with Crippen LogP contribution in [0.25, 0.3) is 21.7 Å². The molecule has 124 valence electrons. The van der Waals surface area contributed by atoms with Gasteiger partial charge in [-0.05, 0) is 47.9 Å². The molecule has 3 nitrogen and oxygen atoms in total. The molecule has 0 radical (unpaired) electrons. The van der Waals surface area contributed by atoms with Crippen LogP contribution in [0.4, 0.5) is 5.69 Å². The van der Waals surface area contributed by atoms with E-state index >= 15 is 0 Å². The molecule has 0 fully saturated rings. The summed E-state index contributed by atoms with van der Waals surface area (Å²) < 4.78 is 0. The number of benzene rings is 3. The van der Waals surface area contributed by atoms with Gasteiger partial charge in [0.1, 0.15) is 0 Å². The highest BCUT2D eigenvalue weighted by molar-refractivity contribution is 5.93. The Balaban J connectivity index is 1.70. The standard InChI is InChI=1S/C22H20N2O/c1-14-10-11-17-12-18(22(25)24-21(17)15(14)2)13-23-20-9-5-7-16-6-3-4-8-19(16)20/h3-12,23H,13H2,1-2H3,(H,24,25). The van der Waals surface area contributed by atoms with Crippen LogP contribution >= 0.6 is 0 Å². The zero-order valence-electron chi connectivity index (χ0n) is 14.4. The second kappa shape index (κ2) is 6.10. The predicted molar refractivity (Wildman–Crippen MR) is 105 cm³/mol. The van der Waals surface area contributed by atoms with Gasteiger partial charge in [-0.15, -0.1) is 0 Å². The zero-order valence-corrected chi connectivity index (χ0v) is 14.4. The minimum atomic E-state index is -0.0334. The molecule has 2 N–H and O–H groups in total. The van der Waals surface area contributed by atoms with Crippen LogP contribution in [-0.4, -0.2) is 4.98 Å². The Kier molecular flexibility index (Phi) is 3.77. The molecular weight excluding hydrogens is 308 g/mol. The molecule has 0 unspecified atom stereocenters. The summed E-state index contributed by atoms with van der Waals surface area (Å²) in [5.74, 6) is 0. The van der Waals surface area contributed by atoms with E-state index in [2.05, 4.69) is 47.6 Å². The summed E-state index contributed by atoms with van der Waals surface area (Å²) in [7, 11) is 0. The third-order valence-corrected chi connectivity index (χ3v) is 4.89. The highest BCUT2D eigenvalue weighted by atomic mass is 16.1. The number of hydrogen-bond donors (Lipinski definition) is 2. The Hall–Kier alpha value is -3.07. The van der Waals surface area contributed by atoms with Gasteiger partial charge in [0.2, 0.25) is 0 Å². The van der Waals surface area contributed by atoms with Gasteiger partial charge < -0.3 is 10.3 Å². The van der Waals surface area contributed by atoms with E-state index in [0.29, 0.717) is 6.54 Å². The van der Waals surface area contributed by atoms with Crippen molar-refractivity contribution in [3.05, 3.63) is 87.7 Å². The van der Waals surface area contributed by atoms with E-state index in [4.69, 9.17) is 0 Å². The van der Waals surface area contributed by atoms with E-state index in [1.807, 2.05) is 37.3 Å². The van der Waals surface area contributed by atoms with Crippen molar-refractivity contribution in [2.24, 2.45) is 0 Å². The maximum absolute atomic E-state index is 12.5. The average molecular weight is 328 g/mol. The lowest BCUT2D eigenvalue weighted by atomic mass is 10.0. The Morgan fingerprint density at radius 3 is 2.60 bits per heavy atom. The maximum Gasteiger partial charge on any atom is 0.253 e. The molecule has 3 heteroatoms. The Bertz CT molecular complexity index is 1140. The second-order valence-corrected chi connectivity index (χ2v) is 6.48. The second-order valence-electron chi connectivity index (χ2n) is 6.48. The Morgan fingerprint density at radius 1 is 0.920 bits per heavy atom. The van der Waals surface area contributed by atoms with Crippen molar-refractivity contribution < 1.29 is 0 Å². The molecule has 0 spiro atoms. The highest BCUT2D eigenvalue weighted by Gasteiger charge is 2.07. The summed E-state index contributed by atoms with van der Waals surface area (Å²) in [5, 5.41) is 6.83. The first kappa shape index (κ1) is 15.5. The molecule has 0 saturated heterocycles. The van der Waals surface area contributed by atoms with Crippen molar-refractivity contribution in [2.75, 3.05) is 5.32 Å². The number of aryl methyl sites for hydroxylation is 2. The highest BCUT2D eigenvalue weighted by Crippen LogP contribution is 2.24. The van der Waals surface area contributed by atoms with E-state index in [1.165, 1.54) is 10.9 Å². The fourth-order valence-corrected chi connectivity index (χ4v) is 3.27. The first-order chi connectivity index (χ1) is 12.1. The number of fused-ring (bicyclic) bond motifs is 2. The average Bonchev–Trinajstić information content (AvgIpc) is 2.64. The fourth-order valence-electron chi connectivity index (χ4n) is 3.27. The van der Waals surface area contributed by atoms with E-state index < -0.39 is 0 Å². The van der Waals surface area contributed by atoms with Crippen LogP contribution in [0.1, 0.15) is 16.7 Å². The van der Waals surface area contributed by atoms with Gasteiger partial charge >= 0.3 is 0 Å². The number of aromatic amines is 1. The summed E-state index contributed by atoms with van der Waals surface area (Å²) in [6.45, 7) is 4.59. The number of pyridine rings is 1. The van der Waals surface area contributed by atoms with Crippen LogP contribution < -0.4 is 10.9 Å². The summed E-state index contributed by atoms with van der Waals surface area (Å²) in [6, 6.07) is 20.6. The molecule has 0 atom stereocenters. The number of rotatable bonds is 3. The molecule has 1 aromatic heterocycles. The summed E-state index contributed by atoms with van der Waals surface area (Å²) in [6.07, 6.45) is 0. The molecule has 0 saturated carbocycles. The molecule has 0 amide bonds. The molecule has 4 aromatic rings. The van der Waals surface area contributed by atoms with Crippen molar-refractivity contribution in [2.45, 2.75) is 20.4 Å². The number of anilines is 1.